The van der Waals surface area contributed by atoms with Crippen LogP contribution in [-0.4, -0.2) is 33.8 Å². The molecule has 1 unspecified atom stereocenters. The van der Waals surface area contributed by atoms with E-state index in [-0.39, 0.29) is 17.9 Å². The maximum atomic E-state index is 13.5. The molecule has 7 nitrogen and oxygen atoms in total. The van der Waals surface area contributed by atoms with Gasteiger partial charge in [0.15, 0.2) is 0 Å². The number of rotatable bonds is 7. The summed E-state index contributed by atoms with van der Waals surface area (Å²) in [7, 11) is 1.58. The zero-order valence-electron chi connectivity index (χ0n) is 21.9. The number of aliphatic hydroxyl groups is 1. The molecule has 3 aromatic carbocycles. The Kier molecular flexibility index (Phi) is 7.14. The van der Waals surface area contributed by atoms with Crippen LogP contribution < -0.4 is 9.47 Å². The van der Waals surface area contributed by atoms with E-state index in [0.29, 0.717) is 39.6 Å². The van der Waals surface area contributed by atoms with Gasteiger partial charge in [-0.25, -0.2) is 0 Å². The molecule has 0 bridgehead atoms. The highest BCUT2D eigenvalue weighted by atomic mass is 16.5. The molecule has 39 heavy (non-hydrogen) atoms. The average Bonchev–Trinajstić information content (AvgIpc) is 3.20. The zero-order valence-corrected chi connectivity index (χ0v) is 21.9. The van der Waals surface area contributed by atoms with Crippen molar-refractivity contribution in [1.29, 1.82) is 0 Å². The van der Waals surface area contributed by atoms with Crippen LogP contribution in [0.2, 0.25) is 0 Å². The van der Waals surface area contributed by atoms with Gasteiger partial charge in [-0.3, -0.25) is 14.6 Å². The van der Waals surface area contributed by atoms with Crippen LogP contribution in [0.15, 0.2) is 96.7 Å². The Labute approximate surface area is 227 Å². The minimum atomic E-state index is -0.854. The van der Waals surface area contributed by atoms with Gasteiger partial charge in [0.05, 0.1) is 31.0 Å². The molecule has 0 aliphatic carbocycles. The van der Waals surface area contributed by atoms with E-state index in [2.05, 4.69) is 4.98 Å². The number of carbonyl (C=O) groups excluding carboxylic acids is 2. The maximum Gasteiger partial charge on any atom is 0.296 e. The molecule has 2 heterocycles. The summed E-state index contributed by atoms with van der Waals surface area (Å²) >= 11 is 0. The summed E-state index contributed by atoms with van der Waals surface area (Å²) in [6.45, 7) is 3.78. The molecule has 1 fully saturated rings. The highest BCUT2D eigenvalue weighted by molar-refractivity contribution is 6.46. The van der Waals surface area contributed by atoms with Gasteiger partial charge in [0.2, 0.25) is 0 Å². The number of amides is 1. The van der Waals surface area contributed by atoms with Crippen molar-refractivity contribution in [1.82, 2.24) is 9.88 Å². The lowest BCUT2D eigenvalue weighted by atomic mass is 9.93. The fraction of sp³-hybridized carbons (Fsp3) is 0.156. The number of ketones is 1. The summed E-state index contributed by atoms with van der Waals surface area (Å²) in [4.78, 5) is 32.7. The number of likely N-dealkylation sites (tertiary alicyclic amines) is 1. The van der Waals surface area contributed by atoms with E-state index < -0.39 is 17.7 Å². The first-order valence-electron chi connectivity index (χ1n) is 12.5. The first kappa shape index (κ1) is 25.7. The minimum absolute atomic E-state index is 0.0143. The van der Waals surface area contributed by atoms with Crippen molar-refractivity contribution in [2.45, 2.75) is 26.4 Å². The number of aryl methyl sites for hydroxylation is 2. The SMILES string of the molecule is COc1cc(C)c(/C(O)=C2\C(=O)C(=O)N(Cc3ccccn3)C2c2cccc(Oc3ccccc3)c2)cc1C. The van der Waals surface area contributed by atoms with Crippen LogP contribution in [0.4, 0.5) is 0 Å². The van der Waals surface area contributed by atoms with Crippen LogP contribution in [0.3, 0.4) is 0 Å². The van der Waals surface area contributed by atoms with Crippen molar-refractivity contribution in [3.63, 3.8) is 0 Å². The summed E-state index contributed by atoms with van der Waals surface area (Å²) in [5.41, 5.74) is 3.24. The molecule has 5 rings (SSSR count). The van der Waals surface area contributed by atoms with E-state index >= 15 is 0 Å². The second-order valence-corrected chi connectivity index (χ2v) is 9.37. The quantitative estimate of drug-likeness (QED) is 0.179. The van der Waals surface area contributed by atoms with Crippen LogP contribution >= 0.6 is 0 Å². The van der Waals surface area contributed by atoms with Crippen LogP contribution in [0.1, 0.15) is 34.0 Å². The van der Waals surface area contributed by atoms with Crippen LogP contribution in [-0.2, 0) is 16.1 Å². The van der Waals surface area contributed by atoms with Crippen LogP contribution in [0, 0.1) is 13.8 Å². The molecule has 1 N–H and O–H groups in total. The molecule has 0 radical (unpaired) electrons. The lowest BCUT2D eigenvalue weighted by molar-refractivity contribution is -0.140. The summed E-state index contributed by atoms with van der Waals surface area (Å²) in [5, 5.41) is 11.6. The summed E-state index contributed by atoms with van der Waals surface area (Å²) in [6.07, 6.45) is 1.64. The lowest BCUT2D eigenvalue weighted by Gasteiger charge is -2.25. The third kappa shape index (κ3) is 5.11. The molecule has 0 saturated carbocycles. The molecule has 1 atom stereocenters. The molecule has 0 spiro atoms. The number of Topliss-reactive ketones (excluding diaryl/α,β-unsaturated/α-hetero) is 1. The molecule has 1 saturated heterocycles. The standard InChI is InChI=1S/C32H28N2O5/c1-20-17-27(38-3)21(2)16-26(20)30(35)28-29(34(32(37)31(28)36)19-23-11-7-8-15-33-23)22-10-9-14-25(18-22)39-24-12-5-4-6-13-24/h4-18,29,35H,19H2,1-3H3/b30-28+. The van der Waals surface area contributed by atoms with Gasteiger partial charge in [-0.2, -0.15) is 0 Å². The van der Waals surface area contributed by atoms with Crippen molar-refractivity contribution in [3.8, 4) is 17.2 Å². The number of nitrogens with zero attached hydrogens (tertiary/aromatic N) is 2. The number of aliphatic hydroxyl groups excluding tert-OH is 1. The van der Waals surface area contributed by atoms with Gasteiger partial charge in [-0.1, -0.05) is 36.4 Å². The minimum Gasteiger partial charge on any atom is -0.507 e. The molecule has 1 amide bonds. The fourth-order valence-electron chi connectivity index (χ4n) is 4.84. The lowest BCUT2D eigenvalue weighted by Crippen LogP contribution is -2.29. The number of hydrogen-bond acceptors (Lipinski definition) is 6. The van der Waals surface area contributed by atoms with E-state index in [9.17, 15) is 14.7 Å². The van der Waals surface area contributed by atoms with Gasteiger partial charge in [0.1, 0.15) is 23.0 Å². The molecule has 1 aliphatic heterocycles. The summed E-state index contributed by atoms with van der Waals surface area (Å²) in [6, 6.07) is 24.7. The third-order valence-corrected chi connectivity index (χ3v) is 6.75. The smallest absolute Gasteiger partial charge is 0.296 e. The van der Waals surface area contributed by atoms with Crippen LogP contribution in [0.5, 0.6) is 17.2 Å². The van der Waals surface area contributed by atoms with E-state index in [1.165, 1.54) is 4.90 Å². The second-order valence-electron chi connectivity index (χ2n) is 9.37. The number of benzene rings is 3. The molecular weight excluding hydrogens is 492 g/mol. The largest absolute Gasteiger partial charge is 0.507 e. The highest BCUT2D eigenvalue weighted by Crippen LogP contribution is 2.42. The Hall–Kier alpha value is -4.91. The molecule has 196 valence electrons. The second kappa shape index (κ2) is 10.8. The number of methoxy groups -OCH3 is 1. The van der Waals surface area contributed by atoms with E-state index in [1.807, 2.05) is 56.3 Å². The number of carbonyl (C=O) groups is 2. The molecule has 7 heteroatoms. The molecular formula is C32H28N2O5. The molecule has 4 aromatic rings. The van der Waals surface area contributed by atoms with E-state index in [0.717, 1.165) is 5.56 Å². The van der Waals surface area contributed by atoms with Crippen molar-refractivity contribution >= 4 is 17.4 Å². The highest BCUT2D eigenvalue weighted by Gasteiger charge is 2.46. The average molecular weight is 521 g/mol. The zero-order chi connectivity index (χ0) is 27.5. The van der Waals surface area contributed by atoms with Crippen molar-refractivity contribution in [2.75, 3.05) is 7.11 Å². The Morgan fingerprint density at radius 1 is 0.897 bits per heavy atom. The fourth-order valence-corrected chi connectivity index (χ4v) is 4.84. The Morgan fingerprint density at radius 2 is 1.64 bits per heavy atom. The first-order valence-corrected chi connectivity index (χ1v) is 12.5. The first-order chi connectivity index (χ1) is 18.9. The van der Waals surface area contributed by atoms with Crippen LogP contribution in [0.25, 0.3) is 5.76 Å². The Balaban J connectivity index is 1.65. The number of pyridine rings is 1. The van der Waals surface area contributed by atoms with Gasteiger partial charge in [-0.05, 0) is 79.1 Å². The van der Waals surface area contributed by atoms with E-state index in [4.69, 9.17) is 9.47 Å². The predicted octanol–water partition coefficient (Wildman–Crippen LogP) is 6.12. The molecule has 1 aromatic heterocycles. The number of ether oxygens (including phenoxy) is 2. The third-order valence-electron chi connectivity index (χ3n) is 6.75. The Morgan fingerprint density at radius 3 is 2.36 bits per heavy atom. The summed E-state index contributed by atoms with van der Waals surface area (Å²) < 4.78 is 11.4. The van der Waals surface area contributed by atoms with Gasteiger partial charge in [0, 0.05) is 11.8 Å². The van der Waals surface area contributed by atoms with Crippen molar-refractivity contribution in [2.24, 2.45) is 0 Å². The van der Waals surface area contributed by atoms with Gasteiger partial charge >= 0.3 is 0 Å². The van der Waals surface area contributed by atoms with Gasteiger partial charge < -0.3 is 19.5 Å². The van der Waals surface area contributed by atoms with Gasteiger partial charge in [-0.15, -0.1) is 0 Å². The Bertz CT molecular complexity index is 1560. The predicted molar refractivity (Wildman–Crippen MR) is 148 cm³/mol. The number of para-hydroxylation sites is 1. The molecule has 1 aliphatic rings. The number of hydrogen-bond donors (Lipinski definition) is 1. The van der Waals surface area contributed by atoms with Crippen molar-refractivity contribution in [3.05, 3.63) is 125 Å². The topological polar surface area (TPSA) is 89.0 Å². The van der Waals surface area contributed by atoms with Crippen molar-refractivity contribution < 1.29 is 24.2 Å². The normalized spacial score (nSPS) is 16.4. The summed E-state index contributed by atoms with van der Waals surface area (Å²) in [5.74, 6) is 0.168. The monoisotopic (exact) mass is 520 g/mol. The van der Waals surface area contributed by atoms with Gasteiger partial charge in [0.25, 0.3) is 11.7 Å². The number of aromatic nitrogens is 1. The van der Waals surface area contributed by atoms with E-state index in [1.54, 1.807) is 55.8 Å². The maximum absolute atomic E-state index is 13.5.